The smallest absolute Gasteiger partial charge is 0.312 e. The molecule has 0 aromatic rings. The molecule has 34 heavy (non-hydrogen) atoms. The van der Waals surface area contributed by atoms with Gasteiger partial charge in [0.15, 0.2) is 0 Å². The van der Waals surface area contributed by atoms with Gasteiger partial charge in [-0.15, -0.1) is 0 Å². The molecule has 0 aromatic carbocycles. The molecule has 4 atom stereocenters. The summed E-state index contributed by atoms with van der Waals surface area (Å²) in [5.41, 5.74) is 0. The van der Waals surface area contributed by atoms with Crippen LogP contribution in [-0.2, 0) is 33.4 Å². The lowest BCUT2D eigenvalue weighted by Gasteiger charge is -2.28. The molecule has 0 aliphatic heterocycles. The highest BCUT2D eigenvalue weighted by Gasteiger charge is 2.36. The third-order valence-electron chi connectivity index (χ3n) is 7.15. The van der Waals surface area contributed by atoms with Crippen LogP contribution in [0.3, 0.4) is 0 Å². The molecule has 0 aromatic heterocycles. The van der Waals surface area contributed by atoms with Crippen molar-refractivity contribution in [3.63, 3.8) is 0 Å². The van der Waals surface area contributed by atoms with E-state index >= 15 is 0 Å². The van der Waals surface area contributed by atoms with Crippen molar-refractivity contribution < 1.29 is 38.5 Å². The third kappa shape index (κ3) is 10.0. The number of carboxylic acid groups (broad SMARTS) is 1. The zero-order chi connectivity index (χ0) is 24.6. The normalized spacial score (nSPS) is 24.7. The first-order chi connectivity index (χ1) is 16.5. The molecule has 2 aliphatic rings. The lowest BCUT2D eigenvalue weighted by molar-refractivity contribution is -0.159. The molecule has 194 valence electrons. The molecular formula is C26H42O8. The Balaban J connectivity index is 1.41. The second-order valence-electron chi connectivity index (χ2n) is 9.66. The number of ether oxygens (including phenoxy) is 3. The minimum atomic E-state index is -0.887. The zero-order valence-electron chi connectivity index (χ0n) is 20.4. The van der Waals surface area contributed by atoms with Gasteiger partial charge in [0.2, 0.25) is 0 Å². The lowest BCUT2D eigenvalue weighted by Crippen LogP contribution is -2.34. The van der Waals surface area contributed by atoms with Crippen molar-refractivity contribution >= 4 is 24.4 Å². The lowest BCUT2D eigenvalue weighted by atomic mass is 9.79. The molecule has 2 fully saturated rings. The monoisotopic (exact) mass is 482 g/mol. The van der Waals surface area contributed by atoms with E-state index in [1.807, 2.05) is 0 Å². The molecule has 2 rings (SSSR count). The Morgan fingerprint density at radius 3 is 1.62 bits per heavy atom. The Morgan fingerprint density at radius 1 is 0.647 bits per heavy atom. The number of hydrogen-bond acceptors (Lipinski definition) is 7. The van der Waals surface area contributed by atoms with E-state index in [4.69, 9.17) is 14.2 Å². The molecule has 8 nitrogen and oxygen atoms in total. The largest absolute Gasteiger partial charge is 0.481 e. The number of esters is 2. The van der Waals surface area contributed by atoms with E-state index in [0.717, 1.165) is 89.9 Å². The first-order valence-electron chi connectivity index (χ1n) is 13.2. The van der Waals surface area contributed by atoms with Gasteiger partial charge in [0.25, 0.3) is 6.47 Å². The van der Waals surface area contributed by atoms with Crippen LogP contribution in [0.4, 0.5) is 0 Å². The topological polar surface area (TPSA) is 116 Å². The van der Waals surface area contributed by atoms with Crippen LogP contribution in [0.1, 0.15) is 103 Å². The summed E-state index contributed by atoms with van der Waals surface area (Å²) in [4.78, 5) is 46.4. The fourth-order valence-corrected chi connectivity index (χ4v) is 5.13. The predicted molar refractivity (Wildman–Crippen MR) is 125 cm³/mol. The van der Waals surface area contributed by atoms with E-state index in [1.54, 1.807) is 0 Å². The number of carbonyl (C=O) groups is 4. The summed E-state index contributed by atoms with van der Waals surface area (Å²) in [5.74, 6) is -2.87. The molecule has 0 bridgehead atoms. The summed E-state index contributed by atoms with van der Waals surface area (Å²) >= 11 is 0. The molecule has 2 aliphatic carbocycles. The summed E-state index contributed by atoms with van der Waals surface area (Å²) in [7, 11) is 0. The van der Waals surface area contributed by atoms with Gasteiger partial charge >= 0.3 is 17.9 Å². The van der Waals surface area contributed by atoms with Crippen molar-refractivity contribution in [2.24, 2.45) is 17.8 Å². The van der Waals surface area contributed by atoms with E-state index in [-0.39, 0.29) is 24.0 Å². The van der Waals surface area contributed by atoms with Gasteiger partial charge in [0.1, 0.15) is 6.10 Å². The number of aliphatic carboxylic acids is 1. The van der Waals surface area contributed by atoms with Crippen LogP contribution in [0.25, 0.3) is 0 Å². The number of carboxylic acids is 1. The third-order valence-corrected chi connectivity index (χ3v) is 7.15. The maximum absolute atomic E-state index is 12.2. The van der Waals surface area contributed by atoms with Gasteiger partial charge in [0, 0.05) is 0 Å². The molecule has 0 radical (unpaired) electrons. The Morgan fingerprint density at radius 2 is 1.09 bits per heavy atom. The van der Waals surface area contributed by atoms with Gasteiger partial charge in [-0.25, -0.2) is 0 Å². The SMILES string of the molecule is O=CO[C@H]1CCCC[C@H]1C(=O)OCCCCCCCCCCOC(=O)C1CCCC[C@@H]1C(=O)O. The second kappa shape index (κ2) is 16.5. The van der Waals surface area contributed by atoms with Crippen LogP contribution < -0.4 is 0 Å². The van der Waals surface area contributed by atoms with Crippen LogP contribution in [0.5, 0.6) is 0 Å². The van der Waals surface area contributed by atoms with E-state index in [9.17, 15) is 24.3 Å². The fraction of sp³-hybridized carbons (Fsp3) is 0.846. The van der Waals surface area contributed by atoms with Gasteiger partial charge in [-0.3, -0.25) is 19.2 Å². The molecule has 0 saturated heterocycles. The molecule has 0 amide bonds. The zero-order valence-corrected chi connectivity index (χ0v) is 20.4. The van der Waals surface area contributed by atoms with Crippen molar-refractivity contribution in [1.82, 2.24) is 0 Å². The summed E-state index contributed by atoms with van der Waals surface area (Å²) in [5, 5.41) is 9.28. The van der Waals surface area contributed by atoms with Crippen molar-refractivity contribution in [2.75, 3.05) is 13.2 Å². The highest BCUT2D eigenvalue weighted by atomic mass is 16.5. The maximum atomic E-state index is 12.2. The fourth-order valence-electron chi connectivity index (χ4n) is 5.13. The highest BCUT2D eigenvalue weighted by Crippen LogP contribution is 2.31. The summed E-state index contributed by atoms with van der Waals surface area (Å²) in [6, 6.07) is 0. The predicted octanol–water partition coefficient (Wildman–Crippen LogP) is 4.82. The van der Waals surface area contributed by atoms with Crippen LogP contribution >= 0.6 is 0 Å². The van der Waals surface area contributed by atoms with Gasteiger partial charge < -0.3 is 19.3 Å². The first kappa shape index (κ1) is 28.1. The van der Waals surface area contributed by atoms with Crippen molar-refractivity contribution in [1.29, 1.82) is 0 Å². The van der Waals surface area contributed by atoms with Crippen molar-refractivity contribution in [3.05, 3.63) is 0 Å². The maximum Gasteiger partial charge on any atom is 0.312 e. The number of rotatable bonds is 16. The van der Waals surface area contributed by atoms with Crippen LogP contribution in [0.2, 0.25) is 0 Å². The van der Waals surface area contributed by atoms with Crippen molar-refractivity contribution in [3.8, 4) is 0 Å². The molecule has 8 heteroatoms. The first-order valence-corrected chi connectivity index (χ1v) is 13.2. The van der Waals surface area contributed by atoms with Gasteiger partial charge in [-0.1, -0.05) is 57.8 Å². The van der Waals surface area contributed by atoms with E-state index in [0.29, 0.717) is 32.5 Å². The minimum absolute atomic E-state index is 0.241. The van der Waals surface area contributed by atoms with Gasteiger partial charge in [-0.2, -0.15) is 0 Å². The van der Waals surface area contributed by atoms with Crippen molar-refractivity contribution in [2.45, 2.75) is 109 Å². The minimum Gasteiger partial charge on any atom is -0.481 e. The van der Waals surface area contributed by atoms with Crippen LogP contribution in [0, 0.1) is 17.8 Å². The summed E-state index contributed by atoms with van der Waals surface area (Å²) in [6.45, 7) is 1.21. The number of carbonyl (C=O) groups excluding carboxylic acids is 3. The van der Waals surface area contributed by atoms with Gasteiger partial charge in [-0.05, 0) is 44.9 Å². The Kier molecular flexibility index (Phi) is 13.6. The molecule has 2 saturated carbocycles. The van der Waals surface area contributed by atoms with E-state index in [1.165, 1.54) is 0 Å². The Labute approximate surface area is 203 Å². The molecule has 1 unspecified atom stereocenters. The second-order valence-corrected chi connectivity index (χ2v) is 9.66. The quantitative estimate of drug-likeness (QED) is 0.144. The molecule has 1 N–H and O–H groups in total. The number of unbranched alkanes of at least 4 members (excludes halogenated alkanes) is 7. The standard InChI is InChI=1S/C26H42O8/c27-19-34-23-16-10-9-15-22(23)26(31)33-18-12-6-4-2-1-3-5-11-17-32-25(30)21-14-8-7-13-20(21)24(28)29/h19-23H,1-18H2,(H,28,29)/t20-,21?,22+,23-/m0/s1. The average molecular weight is 483 g/mol. The van der Waals surface area contributed by atoms with Crippen LogP contribution in [0.15, 0.2) is 0 Å². The van der Waals surface area contributed by atoms with Crippen LogP contribution in [-0.4, -0.2) is 48.8 Å². The van der Waals surface area contributed by atoms with E-state index in [2.05, 4.69) is 0 Å². The Bertz CT molecular complexity index is 634. The Hall–Kier alpha value is -2.12. The molecular weight excluding hydrogens is 440 g/mol. The van der Waals surface area contributed by atoms with E-state index < -0.39 is 17.8 Å². The highest BCUT2D eigenvalue weighted by molar-refractivity contribution is 5.81. The summed E-state index contributed by atoms with van der Waals surface area (Å²) in [6.07, 6.45) is 14.0. The molecule has 0 heterocycles. The molecule has 0 spiro atoms. The van der Waals surface area contributed by atoms with Gasteiger partial charge in [0.05, 0.1) is 31.0 Å². The summed E-state index contributed by atoms with van der Waals surface area (Å²) < 4.78 is 15.8. The average Bonchev–Trinajstić information content (AvgIpc) is 2.85. The number of hydrogen-bond donors (Lipinski definition) is 1.